The van der Waals surface area contributed by atoms with Crippen LogP contribution in [0.15, 0.2) is 18.2 Å². The molecule has 3 heteroatoms. The molecule has 1 aromatic heterocycles. The van der Waals surface area contributed by atoms with Gasteiger partial charge in [0, 0.05) is 23.3 Å². The number of benzene rings is 1. The zero-order chi connectivity index (χ0) is 13.1. The summed E-state index contributed by atoms with van der Waals surface area (Å²) in [6.07, 6.45) is 0.980. The lowest BCUT2D eigenvalue weighted by Gasteiger charge is -2.13. The Kier molecular flexibility index (Phi) is 3.82. The minimum atomic E-state index is 0.715. The molecule has 96 valence electrons. The van der Waals surface area contributed by atoms with Gasteiger partial charge in [-0.3, -0.25) is 4.98 Å². The lowest BCUT2D eigenvalue weighted by Crippen LogP contribution is -2.09. The largest absolute Gasteiger partial charge is 0.384 e. The standard InChI is InChI=1S/C15H21N3/c1-10-5-6-13-14(17-8-4-7-16)9-11(2)18-15(13)12(10)3/h5-6,9H,4,7-8,16H2,1-3H3,(H,17,18). The second-order valence-electron chi connectivity index (χ2n) is 4.78. The van der Waals surface area contributed by atoms with Crippen molar-refractivity contribution >= 4 is 16.6 Å². The maximum absolute atomic E-state index is 5.53. The number of nitrogens with two attached hydrogens (primary N) is 1. The average molecular weight is 243 g/mol. The zero-order valence-corrected chi connectivity index (χ0v) is 11.4. The van der Waals surface area contributed by atoms with Crippen molar-refractivity contribution in [1.29, 1.82) is 0 Å². The van der Waals surface area contributed by atoms with Crippen molar-refractivity contribution in [3.05, 3.63) is 35.0 Å². The highest BCUT2D eigenvalue weighted by molar-refractivity contribution is 5.93. The normalized spacial score (nSPS) is 10.9. The Hall–Kier alpha value is -1.61. The lowest BCUT2D eigenvalue weighted by molar-refractivity contribution is 0.875. The lowest BCUT2D eigenvalue weighted by atomic mass is 10.0. The van der Waals surface area contributed by atoms with Crippen molar-refractivity contribution in [1.82, 2.24) is 4.98 Å². The summed E-state index contributed by atoms with van der Waals surface area (Å²) >= 11 is 0. The Morgan fingerprint density at radius 2 is 2.00 bits per heavy atom. The first-order valence-electron chi connectivity index (χ1n) is 6.45. The summed E-state index contributed by atoms with van der Waals surface area (Å²) in [7, 11) is 0. The third kappa shape index (κ3) is 2.46. The van der Waals surface area contributed by atoms with Crippen molar-refractivity contribution in [2.45, 2.75) is 27.2 Å². The predicted octanol–water partition coefficient (Wildman–Crippen LogP) is 2.92. The van der Waals surface area contributed by atoms with Crippen molar-refractivity contribution in [2.24, 2.45) is 5.73 Å². The molecular formula is C15H21N3. The van der Waals surface area contributed by atoms with Crippen LogP contribution >= 0.6 is 0 Å². The fraction of sp³-hybridized carbons (Fsp3) is 0.400. The Morgan fingerprint density at radius 3 is 2.72 bits per heavy atom. The molecule has 3 N–H and O–H groups in total. The van der Waals surface area contributed by atoms with Crippen LogP contribution in [0.2, 0.25) is 0 Å². The highest BCUT2D eigenvalue weighted by atomic mass is 14.9. The Morgan fingerprint density at radius 1 is 1.22 bits per heavy atom. The molecule has 1 heterocycles. The van der Waals surface area contributed by atoms with Gasteiger partial charge < -0.3 is 11.1 Å². The number of fused-ring (bicyclic) bond motifs is 1. The fourth-order valence-electron chi connectivity index (χ4n) is 2.13. The van der Waals surface area contributed by atoms with Crippen LogP contribution < -0.4 is 11.1 Å². The van der Waals surface area contributed by atoms with Gasteiger partial charge in [-0.05, 0) is 50.9 Å². The van der Waals surface area contributed by atoms with Gasteiger partial charge in [0.2, 0.25) is 0 Å². The van der Waals surface area contributed by atoms with Crippen LogP contribution in [0.1, 0.15) is 23.2 Å². The number of aryl methyl sites for hydroxylation is 3. The number of pyridine rings is 1. The maximum Gasteiger partial charge on any atom is 0.0757 e. The summed E-state index contributed by atoms with van der Waals surface area (Å²) in [6, 6.07) is 6.41. The van der Waals surface area contributed by atoms with E-state index in [1.807, 2.05) is 6.92 Å². The second-order valence-corrected chi connectivity index (χ2v) is 4.78. The van der Waals surface area contributed by atoms with E-state index in [-0.39, 0.29) is 0 Å². The van der Waals surface area contributed by atoms with Crippen LogP contribution in [0.4, 0.5) is 5.69 Å². The number of anilines is 1. The maximum atomic E-state index is 5.53. The number of nitrogens with one attached hydrogen (secondary N) is 1. The van der Waals surface area contributed by atoms with Gasteiger partial charge in [0.15, 0.2) is 0 Å². The first kappa shape index (κ1) is 12.8. The highest BCUT2D eigenvalue weighted by Crippen LogP contribution is 2.27. The molecule has 0 saturated carbocycles. The number of nitrogens with zero attached hydrogens (tertiary/aromatic N) is 1. The number of hydrogen-bond acceptors (Lipinski definition) is 3. The van der Waals surface area contributed by atoms with Crippen LogP contribution in [0.5, 0.6) is 0 Å². The highest BCUT2D eigenvalue weighted by Gasteiger charge is 2.07. The van der Waals surface area contributed by atoms with Gasteiger partial charge in [0.25, 0.3) is 0 Å². The first-order chi connectivity index (χ1) is 8.63. The molecule has 0 spiro atoms. The molecule has 1 aromatic carbocycles. The van der Waals surface area contributed by atoms with E-state index in [0.717, 1.165) is 29.9 Å². The van der Waals surface area contributed by atoms with Crippen LogP contribution in [-0.2, 0) is 0 Å². The number of rotatable bonds is 4. The summed E-state index contributed by atoms with van der Waals surface area (Å²) in [6.45, 7) is 7.92. The van der Waals surface area contributed by atoms with Crippen molar-refractivity contribution in [3.8, 4) is 0 Å². The van der Waals surface area contributed by atoms with Crippen molar-refractivity contribution in [2.75, 3.05) is 18.4 Å². The van der Waals surface area contributed by atoms with Gasteiger partial charge in [-0.15, -0.1) is 0 Å². The molecule has 2 aromatic rings. The van der Waals surface area contributed by atoms with E-state index < -0.39 is 0 Å². The van der Waals surface area contributed by atoms with Crippen molar-refractivity contribution < 1.29 is 0 Å². The van der Waals surface area contributed by atoms with E-state index in [0.29, 0.717) is 6.54 Å². The zero-order valence-electron chi connectivity index (χ0n) is 11.4. The Labute approximate surface area is 108 Å². The van der Waals surface area contributed by atoms with E-state index in [1.54, 1.807) is 0 Å². The van der Waals surface area contributed by atoms with Gasteiger partial charge in [-0.1, -0.05) is 12.1 Å². The summed E-state index contributed by atoms with van der Waals surface area (Å²) in [4.78, 5) is 4.66. The SMILES string of the molecule is Cc1cc(NCCCN)c2ccc(C)c(C)c2n1. The molecule has 0 radical (unpaired) electrons. The quantitative estimate of drug-likeness (QED) is 0.812. The fourth-order valence-corrected chi connectivity index (χ4v) is 2.13. The molecule has 0 unspecified atom stereocenters. The predicted molar refractivity (Wildman–Crippen MR) is 78.1 cm³/mol. The van der Waals surface area contributed by atoms with Gasteiger partial charge in [-0.2, -0.15) is 0 Å². The van der Waals surface area contributed by atoms with Crippen LogP contribution in [0.3, 0.4) is 0 Å². The van der Waals surface area contributed by atoms with Gasteiger partial charge in [0.1, 0.15) is 0 Å². The summed E-state index contributed by atoms with van der Waals surface area (Å²) in [5.74, 6) is 0. The summed E-state index contributed by atoms with van der Waals surface area (Å²) in [5, 5.41) is 4.65. The molecule has 2 rings (SSSR count). The van der Waals surface area contributed by atoms with Crippen molar-refractivity contribution in [3.63, 3.8) is 0 Å². The molecule has 0 aliphatic heterocycles. The molecule has 0 fully saturated rings. The topological polar surface area (TPSA) is 50.9 Å². The van der Waals surface area contributed by atoms with E-state index in [4.69, 9.17) is 5.73 Å². The Balaban J connectivity index is 2.49. The monoisotopic (exact) mass is 243 g/mol. The summed E-state index contributed by atoms with van der Waals surface area (Å²) in [5.41, 5.74) is 11.4. The first-order valence-corrected chi connectivity index (χ1v) is 6.45. The molecule has 0 aliphatic rings. The molecule has 0 atom stereocenters. The average Bonchev–Trinajstić information content (AvgIpc) is 2.34. The Bertz CT molecular complexity index is 561. The number of aromatic nitrogens is 1. The molecule has 0 amide bonds. The molecule has 18 heavy (non-hydrogen) atoms. The smallest absolute Gasteiger partial charge is 0.0757 e. The van der Waals surface area contributed by atoms with Gasteiger partial charge in [0.05, 0.1) is 5.52 Å². The van der Waals surface area contributed by atoms with Crippen LogP contribution in [-0.4, -0.2) is 18.1 Å². The minimum absolute atomic E-state index is 0.715. The molecular weight excluding hydrogens is 222 g/mol. The van der Waals surface area contributed by atoms with Crippen LogP contribution in [0, 0.1) is 20.8 Å². The second kappa shape index (κ2) is 5.36. The third-order valence-electron chi connectivity index (χ3n) is 3.33. The minimum Gasteiger partial charge on any atom is -0.384 e. The van der Waals surface area contributed by atoms with E-state index >= 15 is 0 Å². The van der Waals surface area contributed by atoms with Gasteiger partial charge >= 0.3 is 0 Å². The molecule has 0 bridgehead atoms. The van der Waals surface area contributed by atoms with E-state index in [2.05, 4.69) is 42.3 Å². The molecule has 0 aliphatic carbocycles. The van der Waals surface area contributed by atoms with Gasteiger partial charge in [-0.25, -0.2) is 0 Å². The third-order valence-corrected chi connectivity index (χ3v) is 3.33. The number of hydrogen-bond donors (Lipinski definition) is 2. The summed E-state index contributed by atoms with van der Waals surface area (Å²) < 4.78 is 0. The van der Waals surface area contributed by atoms with E-state index in [1.165, 1.54) is 16.5 Å². The van der Waals surface area contributed by atoms with E-state index in [9.17, 15) is 0 Å². The van der Waals surface area contributed by atoms with Crippen LogP contribution in [0.25, 0.3) is 10.9 Å². The molecule has 3 nitrogen and oxygen atoms in total. The molecule has 0 saturated heterocycles.